The minimum Gasteiger partial charge on any atom is -0.495 e. The van der Waals surface area contributed by atoms with E-state index in [1.165, 1.54) is 9.47 Å². The first-order valence-corrected chi connectivity index (χ1v) is 13.3. The second kappa shape index (κ2) is 11.1. The highest BCUT2D eigenvalue weighted by Gasteiger charge is 2.24. The van der Waals surface area contributed by atoms with Crippen LogP contribution in [0.1, 0.15) is 47.1 Å². The zero-order valence-electron chi connectivity index (χ0n) is 25.1. The second-order valence-corrected chi connectivity index (χ2v) is 11.9. The van der Waals surface area contributed by atoms with Crippen molar-refractivity contribution in [1.29, 1.82) is 0 Å². The largest absolute Gasteiger partial charge is 0.495 e. The van der Waals surface area contributed by atoms with Crippen LogP contribution in [-0.4, -0.2) is 61.8 Å². The van der Waals surface area contributed by atoms with Crippen molar-refractivity contribution in [2.24, 2.45) is 7.05 Å². The fourth-order valence-corrected chi connectivity index (χ4v) is 4.19. The van der Waals surface area contributed by atoms with Gasteiger partial charge >= 0.3 is 12.2 Å². The predicted molar refractivity (Wildman–Crippen MR) is 158 cm³/mol. The molecular weight excluding hydrogens is 524 g/mol. The van der Waals surface area contributed by atoms with E-state index < -0.39 is 23.4 Å². The Hall–Kier alpha value is -4.54. The predicted octanol–water partition coefficient (Wildman–Crippen LogP) is 6.34. The monoisotopic (exact) mass is 562 g/mol. The summed E-state index contributed by atoms with van der Waals surface area (Å²) in [5.74, 6) is 1.08. The fourth-order valence-electron chi connectivity index (χ4n) is 4.19. The Labute approximate surface area is 240 Å². The van der Waals surface area contributed by atoms with Gasteiger partial charge in [0.25, 0.3) is 0 Å². The zero-order valence-corrected chi connectivity index (χ0v) is 25.1. The number of pyridine rings is 1. The SMILES string of the molecule is COc1cc(CN(C)C(=O)OC(C)(C)C)ccc1Nc1cc2c(cn1)cc(-c1cnn(C)c1)n2C(=O)OC(C)(C)C. The normalized spacial score (nSPS) is 11.8. The van der Waals surface area contributed by atoms with Crippen LogP contribution in [0.3, 0.4) is 0 Å². The van der Waals surface area contributed by atoms with Crippen molar-refractivity contribution in [3.63, 3.8) is 0 Å². The molecule has 0 radical (unpaired) electrons. The maximum absolute atomic E-state index is 13.4. The number of fused-ring (bicyclic) bond motifs is 1. The summed E-state index contributed by atoms with van der Waals surface area (Å²) in [6.07, 6.45) is 4.34. The van der Waals surface area contributed by atoms with Crippen LogP contribution < -0.4 is 10.1 Å². The van der Waals surface area contributed by atoms with Gasteiger partial charge in [-0.1, -0.05) is 6.07 Å². The number of hydrogen-bond acceptors (Lipinski definition) is 8. The molecule has 11 heteroatoms. The molecule has 0 saturated carbocycles. The number of benzene rings is 1. The van der Waals surface area contributed by atoms with Crippen LogP contribution >= 0.6 is 0 Å². The highest BCUT2D eigenvalue weighted by atomic mass is 16.6. The van der Waals surface area contributed by atoms with E-state index in [1.54, 1.807) is 37.3 Å². The summed E-state index contributed by atoms with van der Waals surface area (Å²) < 4.78 is 20.0. The van der Waals surface area contributed by atoms with E-state index in [2.05, 4.69) is 15.4 Å². The van der Waals surface area contributed by atoms with E-state index in [-0.39, 0.29) is 0 Å². The molecule has 1 N–H and O–H groups in total. The van der Waals surface area contributed by atoms with E-state index in [4.69, 9.17) is 14.2 Å². The Morgan fingerprint density at radius 3 is 2.32 bits per heavy atom. The van der Waals surface area contributed by atoms with Crippen LogP contribution in [0.5, 0.6) is 5.75 Å². The Morgan fingerprint density at radius 2 is 1.71 bits per heavy atom. The molecule has 0 atom stereocenters. The third-order valence-electron chi connectivity index (χ3n) is 5.92. The van der Waals surface area contributed by atoms with Gasteiger partial charge in [-0.15, -0.1) is 0 Å². The molecule has 0 aliphatic rings. The second-order valence-electron chi connectivity index (χ2n) is 11.9. The van der Waals surface area contributed by atoms with Gasteiger partial charge in [-0.3, -0.25) is 4.68 Å². The van der Waals surface area contributed by atoms with Crippen molar-refractivity contribution in [3.05, 3.63) is 54.5 Å². The molecule has 1 amide bonds. The zero-order chi connectivity index (χ0) is 30.1. The summed E-state index contributed by atoms with van der Waals surface area (Å²) in [4.78, 5) is 31.8. The molecule has 4 rings (SSSR count). The number of carbonyl (C=O) groups excluding carboxylic acids is 2. The first kappa shape index (κ1) is 29.4. The van der Waals surface area contributed by atoms with Crippen LogP contribution in [0, 0.1) is 0 Å². The molecule has 3 heterocycles. The summed E-state index contributed by atoms with van der Waals surface area (Å²) in [5.41, 5.74) is 2.34. The third-order valence-corrected chi connectivity index (χ3v) is 5.92. The Bertz CT molecular complexity index is 1570. The van der Waals surface area contributed by atoms with Gasteiger partial charge in [-0.2, -0.15) is 5.10 Å². The number of nitrogens with zero attached hydrogens (tertiary/aromatic N) is 5. The molecule has 0 unspecified atom stereocenters. The van der Waals surface area contributed by atoms with Crippen molar-refractivity contribution in [3.8, 4) is 17.0 Å². The number of rotatable bonds is 6. The van der Waals surface area contributed by atoms with E-state index >= 15 is 0 Å². The van der Waals surface area contributed by atoms with Crippen molar-refractivity contribution in [2.45, 2.75) is 59.3 Å². The van der Waals surface area contributed by atoms with Gasteiger partial charge in [0.15, 0.2) is 0 Å². The van der Waals surface area contributed by atoms with Crippen LogP contribution in [0.25, 0.3) is 22.2 Å². The number of ether oxygens (including phenoxy) is 3. The summed E-state index contributed by atoms with van der Waals surface area (Å²) >= 11 is 0. The molecule has 41 heavy (non-hydrogen) atoms. The lowest BCUT2D eigenvalue weighted by Gasteiger charge is -2.25. The first-order chi connectivity index (χ1) is 19.1. The number of anilines is 2. The van der Waals surface area contributed by atoms with Crippen molar-refractivity contribution < 1.29 is 23.8 Å². The quantitative estimate of drug-likeness (QED) is 0.290. The van der Waals surface area contributed by atoms with Crippen LogP contribution in [-0.2, 0) is 23.1 Å². The van der Waals surface area contributed by atoms with Crippen LogP contribution in [0.4, 0.5) is 21.1 Å². The highest BCUT2D eigenvalue weighted by molar-refractivity contribution is 5.97. The van der Waals surface area contributed by atoms with Gasteiger partial charge in [-0.05, 0) is 65.3 Å². The molecule has 0 spiro atoms. The average molecular weight is 563 g/mol. The highest BCUT2D eigenvalue weighted by Crippen LogP contribution is 2.33. The van der Waals surface area contributed by atoms with Crippen molar-refractivity contribution >= 4 is 34.6 Å². The molecule has 0 bridgehead atoms. The number of carbonyl (C=O) groups is 2. The summed E-state index contributed by atoms with van der Waals surface area (Å²) in [5, 5.41) is 8.33. The Kier molecular flexibility index (Phi) is 8.01. The minimum absolute atomic E-state index is 0.344. The number of aromatic nitrogens is 4. The van der Waals surface area contributed by atoms with E-state index in [0.717, 1.165) is 16.5 Å². The van der Waals surface area contributed by atoms with Crippen molar-refractivity contribution in [1.82, 2.24) is 24.2 Å². The van der Waals surface area contributed by atoms with Gasteiger partial charge in [0.1, 0.15) is 22.8 Å². The molecule has 1 aromatic carbocycles. The number of nitrogens with one attached hydrogen (secondary N) is 1. The molecule has 0 aliphatic carbocycles. The van der Waals surface area contributed by atoms with E-state index in [9.17, 15) is 9.59 Å². The van der Waals surface area contributed by atoms with Gasteiger partial charge in [0.05, 0.1) is 30.2 Å². The van der Waals surface area contributed by atoms with Gasteiger partial charge < -0.3 is 24.4 Å². The topological polar surface area (TPSA) is 113 Å². The molecule has 0 aliphatic heterocycles. The first-order valence-electron chi connectivity index (χ1n) is 13.3. The summed E-state index contributed by atoms with van der Waals surface area (Å²) in [7, 11) is 5.08. The third kappa shape index (κ3) is 7.16. The van der Waals surface area contributed by atoms with Gasteiger partial charge in [0.2, 0.25) is 0 Å². The summed E-state index contributed by atoms with van der Waals surface area (Å²) in [6, 6.07) is 9.29. The molecule has 4 aromatic rings. The van der Waals surface area contributed by atoms with E-state index in [0.29, 0.717) is 35.0 Å². The Morgan fingerprint density at radius 1 is 1.00 bits per heavy atom. The molecule has 0 fully saturated rings. The molecular formula is C30H38N6O5. The van der Waals surface area contributed by atoms with Crippen molar-refractivity contribution in [2.75, 3.05) is 19.5 Å². The fraction of sp³-hybridized carbons (Fsp3) is 0.400. The minimum atomic E-state index is -0.680. The maximum Gasteiger partial charge on any atom is 0.419 e. The number of methoxy groups -OCH3 is 1. The summed E-state index contributed by atoms with van der Waals surface area (Å²) in [6.45, 7) is 11.3. The maximum atomic E-state index is 13.4. The lowest BCUT2D eigenvalue weighted by atomic mass is 10.1. The molecule has 218 valence electrons. The van der Waals surface area contributed by atoms with Gasteiger partial charge in [-0.25, -0.2) is 19.1 Å². The van der Waals surface area contributed by atoms with Gasteiger partial charge in [0, 0.05) is 50.0 Å². The standard InChI is InChI=1S/C30H38N6O5/c1-29(2,3)40-27(37)34(7)17-19-10-11-22(25(12-19)39-9)33-26-14-24-20(15-31-26)13-23(21-16-32-35(8)18-21)36(24)28(38)41-30(4,5)6/h10-16,18H,17H2,1-9H3,(H,31,33). The van der Waals surface area contributed by atoms with E-state index in [1.807, 2.05) is 79.1 Å². The number of amides is 1. The Balaban J connectivity index is 1.65. The molecule has 0 saturated heterocycles. The lowest BCUT2D eigenvalue weighted by molar-refractivity contribution is 0.0284. The van der Waals surface area contributed by atoms with Crippen LogP contribution in [0.2, 0.25) is 0 Å². The number of hydrogen-bond donors (Lipinski definition) is 1. The lowest BCUT2D eigenvalue weighted by Crippen LogP contribution is -2.33. The molecule has 3 aromatic heterocycles. The average Bonchev–Trinajstić information content (AvgIpc) is 3.46. The number of aryl methyl sites for hydroxylation is 1. The molecule has 11 nitrogen and oxygen atoms in total. The van der Waals surface area contributed by atoms with Crippen LogP contribution in [0.15, 0.2) is 48.9 Å². The smallest absolute Gasteiger partial charge is 0.419 e.